The first-order valence-corrected chi connectivity index (χ1v) is 10.8. The number of carbonyl (C=O) groups excluding carboxylic acids is 3. The Bertz CT molecular complexity index is 1080. The number of carbonyl (C=O) groups is 3. The monoisotopic (exact) mass is 465 g/mol. The van der Waals surface area contributed by atoms with Gasteiger partial charge in [-0.1, -0.05) is 18.2 Å². The van der Waals surface area contributed by atoms with Crippen molar-refractivity contribution < 1.29 is 33.3 Å². The van der Waals surface area contributed by atoms with Crippen molar-refractivity contribution in [1.29, 1.82) is 0 Å². The van der Waals surface area contributed by atoms with Crippen molar-refractivity contribution in [3.63, 3.8) is 0 Å². The molecular weight excluding hydrogens is 438 g/mol. The lowest BCUT2D eigenvalue weighted by Gasteiger charge is -2.30. The summed E-state index contributed by atoms with van der Waals surface area (Å²) in [6.45, 7) is 4.27. The average Bonchev–Trinajstić information content (AvgIpc) is 2.87. The fraction of sp³-hybridized carbons (Fsp3) is 0.269. The summed E-state index contributed by atoms with van der Waals surface area (Å²) in [5, 5.41) is 0. The van der Waals surface area contributed by atoms with Gasteiger partial charge in [0.1, 0.15) is 5.75 Å². The highest BCUT2D eigenvalue weighted by molar-refractivity contribution is 6.00. The van der Waals surface area contributed by atoms with Crippen molar-refractivity contribution in [1.82, 2.24) is 0 Å². The maximum Gasteiger partial charge on any atom is 0.338 e. The number of nitrogens with zero attached hydrogens (tertiary/aromatic N) is 1. The molecule has 0 fully saturated rings. The van der Waals surface area contributed by atoms with Gasteiger partial charge in [0.15, 0.2) is 0 Å². The molecule has 0 amide bonds. The number of rotatable bonds is 8. The van der Waals surface area contributed by atoms with Crippen LogP contribution in [-0.2, 0) is 23.8 Å². The summed E-state index contributed by atoms with van der Waals surface area (Å²) in [7, 11) is 2.56. The van der Waals surface area contributed by atoms with Gasteiger partial charge in [-0.05, 0) is 44.2 Å². The zero-order valence-corrected chi connectivity index (χ0v) is 19.6. The maximum absolute atomic E-state index is 12.9. The molecule has 0 saturated heterocycles. The van der Waals surface area contributed by atoms with Crippen molar-refractivity contribution >= 4 is 23.6 Å². The molecule has 0 radical (unpaired) electrons. The Labute approximate surface area is 198 Å². The van der Waals surface area contributed by atoms with Crippen molar-refractivity contribution in [2.45, 2.75) is 19.8 Å². The molecule has 1 heterocycles. The van der Waals surface area contributed by atoms with Gasteiger partial charge in [0.05, 0.1) is 50.1 Å². The van der Waals surface area contributed by atoms with E-state index >= 15 is 0 Å². The fourth-order valence-electron chi connectivity index (χ4n) is 3.70. The predicted molar refractivity (Wildman–Crippen MR) is 125 cm³/mol. The summed E-state index contributed by atoms with van der Waals surface area (Å²) in [4.78, 5) is 39.3. The van der Waals surface area contributed by atoms with Crippen LogP contribution in [0.2, 0.25) is 0 Å². The molecule has 0 spiro atoms. The minimum absolute atomic E-state index is 0.229. The van der Waals surface area contributed by atoms with Gasteiger partial charge in [-0.3, -0.25) is 0 Å². The van der Waals surface area contributed by atoms with Crippen LogP contribution in [0.4, 0.5) is 5.69 Å². The lowest BCUT2D eigenvalue weighted by atomic mass is 9.82. The first kappa shape index (κ1) is 24.6. The van der Waals surface area contributed by atoms with Crippen molar-refractivity contribution in [3.8, 4) is 5.75 Å². The smallest absolute Gasteiger partial charge is 0.338 e. The second-order valence-electron chi connectivity index (χ2n) is 7.23. The van der Waals surface area contributed by atoms with Crippen LogP contribution >= 0.6 is 0 Å². The zero-order valence-electron chi connectivity index (χ0n) is 19.6. The molecule has 178 valence electrons. The van der Waals surface area contributed by atoms with Gasteiger partial charge in [-0.25, -0.2) is 14.4 Å². The molecule has 1 aliphatic rings. The first-order chi connectivity index (χ1) is 16.4. The Hall–Kier alpha value is -4.07. The highest BCUT2D eigenvalue weighted by Gasteiger charge is 2.37. The number of benzene rings is 2. The van der Waals surface area contributed by atoms with E-state index in [9.17, 15) is 14.4 Å². The number of para-hydroxylation sites is 1. The van der Waals surface area contributed by atoms with E-state index in [-0.39, 0.29) is 17.8 Å². The van der Waals surface area contributed by atoms with E-state index < -0.39 is 23.8 Å². The Morgan fingerprint density at radius 1 is 0.794 bits per heavy atom. The van der Waals surface area contributed by atoms with Crippen LogP contribution in [0.5, 0.6) is 5.75 Å². The zero-order chi connectivity index (χ0) is 24.7. The molecule has 0 bridgehead atoms. The minimum atomic E-state index is -0.766. The average molecular weight is 466 g/mol. The summed E-state index contributed by atoms with van der Waals surface area (Å²) >= 11 is 0. The van der Waals surface area contributed by atoms with Crippen LogP contribution < -0.4 is 9.64 Å². The third kappa shape index (κ3) is 5.11. The Morgan fingerprint density at radius 3 is 1.91 bits per heavy atom. The quantitative estimate of drug-likeness (QED) is 0.427. The van der Waals surface area contributed by atoms with Gasteiger partial charge in [0.25, 0.3) is 0 Å². The molecule has 0 saturated carbocycles. The van der Waals surface area contributed by atoms with E-state index in [0.29, 0.717) is 29.2 Å². The third-order valence-electron chi connectivity index (χ3n) is 5.23. The Balaban J connectivity index is 2.12. The molecule has 0 N–H and O–H groups in total. The molecule has 1 aliphatic heterocycles. The summed E-state index contributed by atoms with van der Waals surface area (Å²) in [6, 6.07) is 13.8. The lowest BCUT2D eigenvalue weighted by molar-refractivity contribution is -0.137. The van der Waals surface area contributed by atoms with E-state index in [4.69, 9.17) is 18.9 Å². The molecule has 34 heavy (non-hydrogen) atoms. The summed E-state index contributed by atoms with van der Waals surface area (Å²) in [5.74, 6) is -1.85. The lowest BCUT2D eigenvalue weighted by Crippen LogP contribution is -2.29. The van der Waals surface area contributed by atoms with Gasteiger partial charge >= 0.3 is 17.9 Å². The van der Waals surface area contributed by atoms with Crippen LogP contribution in [0.3, 0.4) is 0 Å². The summed E-state index contributed by atoms with van der Waals surface area (Å²) < 4.78 is 20.9. The van der Waals surface area contributed by atoms with Gasteiger partial charge in [0.2, 0.25) is 0 Å². The van der Waals surface area contributed by atoms with Gasteiger partial charge in [0, 0.05) is 23.7 Å². The molecule has 2 aromatic carbocycles. The number of hydrogen-bond donors (Lipinski definition) is 0. The minimum Gasteiger partial charge on any atom is -0.494 e. The van der Waals surface area contributed by atoms with Crippen LogP contribution in [0.25, 0.3) is 0 Å². The van der Waals surface area contributed by atoms with Gasteiger partial charge in [-0.15, -0.1) is 0 Å². The van der Waals surface area contributed by atoms with Crippen molar-refractivity contribution in [2.24, 2.45) is 0 Å². The van der Waals surface area contributed by atoms with Crippen LogP contribution in [0, 0.1) is 0 Å². The van der Waals surface area contributed by atoms with Crippen molar-refractivity contribution in [3.05, 3.63) is 83.2 Å². The van der Waals surface area contributed by atoms with E-state index in [1.54, 1.807) is 60.6 Å². The first-order valence-electron chi connectivity index (χ1n) is 10.8. The largest absolute Gasteiger partial charge is 0.494 e. The van der Waals surface area contributed by atoms with Crippen molar-refractivity contribution in [2.75, 3.05) is 32.3 Å². The van der Waals surface area contributed by atoms with Crippen LogP contribution in [-0.4, -0.2) is 45.3 Å². The number of methoxy groups -OCH3 is 2. The molecule has 3 rings (SSSR count). The molecule has 8 nitrogen and oxygen atoms in total. The SMILES string of the molecule is CCOC(=O)c1ccc(N2C=C(C(=O)OC)C(c3ccccc3OCC)C(C(=O)OC)=C2)cc1. The maximum atomic E-state index is 12.9. The normalized spacial score (nSPS) is 13.5. The third-order valence-corrected chi connectivity index (χ3v) is 5.23. The number of ether oxygens (including phenoxy) is 4. The van der Waals surface area contributed by atoms with E-state index in [1.165, 1.54) is 14.2 Å². The molecule has 2 aromatic rings. The molecule has 0 atom stereocenters. The number of anilines is 1. The predicted octanol–water partition coefficient (Wildman–Crippen LogP) is 3.98. The summed E-state index contributed by atoms with van der Waals surface area (Å²) in [5.41, 5.74) is 2.10. The fourth-order valence-corrected chi connectivity index (χ4v) is 3.70. The Morgan fingerprint density at radius 2 is 1.38 bits per heavy atom. The second-order valence-corrected chi connectivity index (χ2v) is 7.23. The molecule has 0 unspecified atom stereocenters. The van der Waals surface area contributed by atoms with Gasteiger partial charge < -0.3 is 23.8 Å². The topological polar surface area (TPSA) is 91.4 Å². The standard InChI is InChI=1S/C26H27NO7/c1-5-33-22-10-8-7-9-19(22)23-20(25(29)31-3)15-27(16-21(23)26(30)32-4)18-13-11-17(12-14-18)24(28)34-6-2/h7-16,23H,5-6H2,1-4H3. The van der Waals surface area contributed by atoms with Gasteiger partial charge in [-0.2, -0.15) is 0 Å². The molecule has 0 aromatic heterocycles. The highest BCUT2D eigenvalue weighted by Crippen LogP contribution is 2.42. The van der Waals surface area contributed by atoms with E-state index in [2.05, 4.69) is 0 Å². The molecule has 0 aliphatic carbocycles. The molecular formula is C26H27NO7. The van der Waals surface area contributed by atoms with E-state index in [1.807, 2.05) is 19.1 Å². The number of esters is 3. The van der Waals surface area contributed by atoms with Crippen LogP contribution in [0.1, 0.15) is 35.7 Å². The second kappa shape index (κ2) is 11.2. The van der Waals surface area contributed by atoms with E-state index in [0.717, 1.165) is 0 Å². The number of hydrogen-bond acceptors (Lipinski definition) is 8. The Kier molecular flexibility index (Phi) is 8.08. The molecule has 8 heteroatoms. The summed E-state index contributed by atoms with van der Waals surface area (Å²) in [6.07, 6.45) is 3.20. The van der Waals surface area contributed by atoms with Crippen LogP contribution in [0.15, 0.2) is 72.1 Å². The highest BCUT2D eigenvalue weighted by atomic mass is 16.5.